The average Bonchev–Trinajstić information content (AvgIpc) is 2.82. The normalized spacial score (nSPS) is 29.3. The molecule has 0 spiro atoms. The Morgan fingerprint density at radius 3 is 2.38 bits per heavy atom. The second kappa shape index (κ2) is 6.00. The van der Waals surface area contributed by atoms with Crippen LogP contribution in [0, 0.1) is 11.3 Å². The van der Waals surface area contributed by atoms with E-state index in [0.29, 0.717) is 23.3 Å². The molecule has 3 heteroatoms. The minimum Gasteiger partial charge on any atom is -0.303 e. The zero-order valence-electron chi connectivity index (χ0n) is 14.8. The van der Waals surface area contributed by atoms with Gasteiger partial charge in [-0.05, 0) is 50.4 Å². The van der Waals surface area contributed by atoms with Crippen LogP contribution in [-0.4, -0.2) is 11.0 Å². The van der Waals surface area contributed by atoms with Crippen LogP contribution in [0.25, 0.3) is 0 Å². The highest BCUT2D eigenvalue weighted by molar-refractivity contribution is 7.09. The van der Waals surface area contributed by atoms with Crippen LogP contribution < -0.4 is 5.32 Å². The van der Waals surface area contributed by atoms with Crippen molar-refractivity contribution in [2.45, 2.75) is 85.2 Å². The van der Waals surface area contributed by atoms with Crippen LogP contribution in [0.2, 0.25) is 0 Å². The van der Waals surface area contributed by atoms with Crippen LogP contribution in [0.5, 0.6) is 0 Å². The Labute approximate surface area is 134 Å². The molecule has 2 atom stereocenters. The smallest absolute Gasteiger partial charge is 0.113 e. The van der Waals surface area contributed by atoms with Gasteiger partial charge in [-0.25, -0.2) is 4.98 Å². The van der Waals surface area contributed by atoms with E-state index in [1.807, 2.05) is 11.3 Å². The number of aromatic nitrogens is 1. The van der Waals surface area contributed by atoms with Crippen molar-refractivity contribution in [3.8, 4) is 0 Å². The third-order valence-electron chi connectivity index (χ3n) is 4.94. The van der Waals surface area contributed by atoms with Crippen molar-refractivity contribution >= 4 is 11.3 Å². The number of nitrogens with zero attached hydrogens (tertiary/aromatic N) is 1. The summed E-state index contributed by atoms with van der Waals surface area (Å²) in [4.78, 5) is 5.01. The van der Waals surface area contributed by atoms with E-state index < -0.39 is 0 Å². The van der Waals surface area contributed by atoms with Crippen molar-refractivity contribution in [1.29, 1.82) is 0 Å². The molecule has 1 aromatic rings. The Morgan fingerprint density at radius 1 is 1.24 bits per heavy atom. The van der Waals surface area contributed by atoms with Gasteiger partial charge >= 0.3 is 0 Å². The van der Waals surface area contributed by atoms with Gasteiger partial charge in [0.15, 0.2) is 0 Å². The highest BCUT2D eigenvalue weighted by Gasteiger charge is 2.47. The van der Waals surface area contributed by atoms with E-state index in [0.717, 1.165) is 0 Å². The molecule has 1 aromatic heterocycles. The van der Waals surface area contributed by atoms with Gasteiger partial charge in [-0.2, -0.15) is 0 Å². The van der Waals surface area contributed by atoms with Crippen molar-refractivity contribution < 1.29 is 0 Å². The highest BCUT2D eigenvalue weighted by Crippen LogP contribution is 2.49. The quantitative estimate of drug-likeness (QED) is 0.815. The summed E-state index contributed by atoms with van der Waals surface area (Å²) in [6.07, 6.45) is 3.74. The Balaban J connectivity index is 2.37. The van der Waals surface area contributed by atoms with E-state index in [1.54, 1.807) is 0 Å². The fourth-order valence-electron chi connectivity index (χ4n) is 3.75. The maximum absolute atomic E-state index is 5.01. The summed E-state index contributed by atoms with van der Waals surface area (Å²) >= 11 is 1.86. The third kappa shape index (κ3) is 3.50. The number of hydrogen-bond acceptors (Lipinski definition) is 3. The molecule has 0 aromatic carbocycles. The zero-order chi connectivity index (χ0) is 15.8. The second-order valence-electron chi connectivity index (χ2n) is 8.27. The summed E-state index contributed by atoms with van der Waals surface area (Å²) in [5, 5.41) is 7.47. The van der Waals surface area contributed by atoms with Crippen LogP contribution >= 0.6 is 11.3 Å². The summed E-state index contributed by atoms with van der Waals surface area (Å²) in [6.45, 7) is 16.2. The molecule has 120 valence electrons. The first-order chi connectivity index (χ1) is 9.66. The molecule has 1 aliphatic carbocycles. The molecule has 0 saturated heterocycles. The first-order valence-electron chi connectivity index (χ1n) is 8.40. The molecule has 0 bridgehead atoms. The van der Waals surface area contributed by atoms with E-state index in [9.17, 15) is 0 Å². The molecule has 21 heavy (non-hydrogen) atoms. The Bertz CT molecular complexity index is 475. The topological polar surface area (TPSA) is 24.9 Å². The van der Waals surface area contributed by atoms with Crippen molar-refractivity contribution in [2.75, 3.05) is 0 Å². The molecule has 2 nitrogen and oxygen atoms in total. The predicted molar refractivity (Wildman–Crippen MR) is 92.9 cm³/mol. The molecule has 0 radical (unpaired) electrons. The van der Waals surface area contributed by atoms with E-state index in [4.69, 9.17) is 4.98 Å². The monoisotopic (exact) mass is 308 g/mol. The molecule has 1 saturated carbocycles. The lowest BCUT2D eigenvalue weighted by atomic mass is 9.63. The van der Waals surface area contributed by atoms with Crippen LogP contribution in [0.1, 0.15) is 84.3 Å². The Hall–Kier alpha value is -0.410. The lowest BCUT2D eigenvalue weighted by Gasteiger charge is -2.49. The van der Waals surface area contributed by atoms with E-state index in [1.165, 1.54) is 30.0 Å². The largest absolute Gasteiger partial charge is 0.303 e. The summed E-state index contributed by atoms with van der Waals surface area (Å²) in [5.74, 6) is 1.14. The summed E-state index contributed by atoms with van der Waals surface area (Å²) in [6, 6.07) is 0.486. The maximum atomic E-state index is 5.01. The van der Waals surface area contributed by atoms with Crippen LogP contribution in [0.15, 0.2) is 5.38 Å². The number of nitrogens with one attached hydrogen (secondary N) is 1. The van der Waals surface area contributed by atoms with Crippen molar-refractivity contribution in [3.63, 3.8) is 0 Å². The standard InChI is InChI=1S/C18H32N2S/c1-12(2)15-11-21-16(19-15)18(20-13(3)4)9-8-17(6,7)10-14(18)5/h11-14,20H,8-10H2,1-7H3. The number of rotatable bonds is 4. The Kier molecular flexibility index (Phi) is 4.84. The molecule has 2 unspecified atom stereocenters. The van der Waals surface area contributed by atoms with Gasteiger partial charge in [0.25, 0.3) is 0 Å². The summed E-state index contributed by atoms with van der Waals surface area (Å²) in [7, 11) is 0. The molecular formula is C18H32N2S. The van der Waals surface area contributed by atoms with E-state index in [-0.39, 0.29) is 5.54 Å². The second-order valence-corrected chi connectivity index (χ2v) is 9.13. The molecule has 0 aliphatic heterocycles. The molecule has 1 heterocycles. The van der Waals surface area contributed by atoms with Crippen LogP contribution in [0.3, 0.4) is 0 Å². The first kappa shape index (κ1) is 17.0. The van der Waals surface area contributed by atoms with Crippen LogP contribution in [0.4, 0.5) is 0 Å². The van der Waals surface area contributed by atoms with Gasteiger partial charge in [0, 0.05) is 11.4 Å². The minimum absolute atomic E-state index is 0.0709. The zero-order valence-corrected chi connectivity index (χ0v) is 15.6. The molecule has 1 aliphatic rings. The molecule has 0 amide bonds. The van der Waals surface area contributed by atoms with Gasteiger partial charge in [0.05, 0.1) is 11.2 Å². The SMILES string of the molecule is CC(C)NC1(c2nc(C(C)C)cs2)CCC(C)(C)CC1C. The van der Waals surface area contributed by atoms with Crippen LogP contribution in [-0.2, 0) is 5.54 Å². The maximum Gasteiger partial charge on any atom is 0.113 e. The van der Waals surface area contributed by atoms with Gasteiger partial charge in [-0.3, -0.25) is 0 Å². The Morgan fingerprint density at radius 2 is 1.90 bits per heavy atom. The van der Waals surface area contributed by atoms with Gasteiger partial charge in [0.1, 0.15) is 5.01 Å². The van der Waals surface area contributed by atoms with Gasteiger partial charge in [-0.1, -0.05) is 34.6 Å². The number of hydrogen-bond donors (Lipinski definition) is 1. The summed E-state index contributed by atoms with van der Waals surface area (Å²) < 4.78 is 0. The fraction of sp³-hybridized carbons (Fsp3) is 0.833. The molecule has 2 rings (SSSR count). The van der Waals surface area contributed by atoms with Crippen molar-refractivity contribution in [1.82, 2.24) is 10.3 Å². The fourth-order valence-corrected chi connectivity index (χ4v) is 5.04. The van der Waals surface area contributed by atoms with Gasteiger partial charge in [0.2, 0.25) is 0 Å². The first-order valence-corrected chi connectivity index (χ1v) is 9.28. The molecule has 1 N–H and O–H groups in total. The third-order valence-corrected chi connectivity index (χ3v) is 5.98. The van der Waals surface area contributed by atoms with E-state index >= 15 is 0 Å². The lowest BCUT2D eigenvalue weighted by molar-refractivity contribution is 0.0647. The minimum atomic E-state index is 0.0709. The van der Waals surface area contributed by atoms with Crippen molar-refractivity contribution in [2.24, 2.45) is 11.3 Å². The number of thiazole rings is 1. The van der Waals surface area contributed by atoms with Gasteiger partial charge in [-0.15, -0.1) is 11.3 Å². The highest BCUT2D eigenvalue weighted by atomic mass is 32.1. The van der Waals surface area contributed by atoms with Crippen molar-refractivity contribution in [3.05, 3.63) is 16.1 Å². The lowest BCUT2D eigenvalue weighted by Crippen LogP contribution is -2.54. The predicted octanol–water partition coefficient (Wildman–Crippen LogP) is 5.31. The molecular weight excluding hydrogens is 276 g/mol. The van der Waals surface area contributed by atoms with E-state index in [2.05, 4.69) is 59.2 Å². The summed E-state index contributed by atoms with van der Waals surface area (Å²) in [5.41, 5.74) is 1.78. The molecule has 1 fully saturated rings. The average molecular weight is 309 g/mol. The van der Waals surface area contributed by atoms with Gasteiger partial charge < -0.3 is 5.32 Å².